The molecule has 96 valence electrons. The molecule has 3 nitrogen and oxygen atoms in total. The minimum absolute atomic E-state index is 0.162. The molecule has 2 unspecified atom stereocenters. The third-order valence-electron chi connectivity index (χ3n) is 3.53. The average molecular weight is 268 g/mol. The second-order valence-corrected chi connectivity index (χ2v) is 5.26. The predicted molar refractivity (Wildman–Crippen MR) is 70.6 cm³/mol. The number of benzene rings is 1. The Balaban J connectivity index is 1.71. The highest BCUT2D eigenvalue weighted by Crippen LogP contribution is 2.44. The predicted octanol–water partition coefficient (Wildman–Crippen LogP) is 2.23. The summed E-state index contributed by atoms with van der Waals surface area (Å²) in [5, 5.41) is 3.88. The van der Waals surface area contributed by atoms with E-state index in [0.29, 0.717) is 10.6 Å². The van der Waals surface area contributed by atoms with Crippen LogP contribution >= 0.6 is 11.6 Å². The minimum Gasteiger partial charge on any atom is -0.353 e. The zero-order chi connectivity index (χ0) is 12.7. The standard InChI is InChI=1S/C13H15ClFN3/c1-18-6-5-16-13(18)17-11-7-8(11)12-9(14)3-2-4-10(12)15/h2-4,8,11H,5-7H2,1H3,(H,16,17). The van der Waals surface area contributed by atoms with Gasteiger partial charge in [-0.25, -0.2) is 4.39 Å². The summed E-state index contributed by atoms with van der Waals surface area (Å²) in [4.78, 5) is 6.46. The van der Waals surface area contributed by atoms with Crippen LogP contribution in [0.15, 0.2) is 23.2 Å². The number of rotatable bonds is 2. The van der Waals surface area contributed by atoms with Gasteiger partial charge in [-0.3, -0.25) is 4.99 Å². The molecule has 2 aliphatic rings. The van der Waals surface area contributed by atoms with Crippen molar-refractivity contribution in [1.29, 1.82) is 0 Å². The summed E-state index contributed by atoms with van der Waals surface area (Å²) in [6.45, 7) is 1.77. The number of nitrogens with one attached hydrogen (secondary N) is 1. The first-order chi connectivity index (χ1) is 8.66. The van der Waals surface area contributed by atoms with Crippen LogP contribution in [0, 0.1) is 5.82 Å². The summed E-state index contributed by atoms with van der Waals surface area (Å²) in [5.41, 5.74) is 0.637. The third kappa shape index (κ3) is 2.05. The van der Waals surface area contributed by atoms with E-state index in [1.54, 1.807) is 12.1 Å². The van der Waals surface area contributed by atoms with Crippen LogP contribution in [0.1, 0.15) is 17.9 Å². The summed E-state index contributed by atoms with van der Waals surface area (Å²) in [6.07, 6.45) is 0.910. The fourth-order valence-electron chi connectivity index (χ4n) is 2.39. The molecule has 0 spiro atoms. The van der Waals surface area contributed by atoms with Gasteiger partial charge in [0, 0.05) is 36.1 Å². The fraction of sp³-hybridized carbons (Fsp3) is 0.462. The van der Waals surface area contributed by atoms with Crippen LogP contribution in [0.5, 0.6) is 0 Å². The molecule has 1 aromatic rings. The summed E-state index contributed by atoms with van der Waals surface area (Å²) in [5.74, 6) is 0.865. The van der Waals surface area contributed by atoms with Crippen molar-refractivity contribution in [2.24, 2.45) is 4.99 Å². The van der Waals surface area contributed by atoms with Gasteiger partial charge in [0.05, 0.1) is 6.54 Å². The topological polar surface area (TPSA) is 27.6 Å². The van der Waals surface area contributed by atoms with E-state index in [9.17, 15) is 4.39 Å². The van der Waals surface area contributed by atoms with E-state index >= 15 is 0 Å². The zero-order valence-corrected chi connectivity index (χ0v) is 10.9. The van der Waals surface area contributed by atoms with Crippen molar-refractivity contribution < 1.29 is 4.39 Å². The number of hydrogen-bond donors (Lipinski definition) is 1. The molecule has 0 saturated heterocycles. The quantitative estimate of drug-likeness (QED) is 0.890. The van der Waals surface area contributed by atoms with E-state index in [1.807, 2.05) is 7.05 Å². The molecule has 2 atom stereocenters. The van der Waals surface area contributed by atoms with Gasteiger partial charge in [-0.15, -0.1) is 0 Å². The first-order valence-electron chi connectivity index (χ1n) is 6.13. The van der Waals surface area contributed by atoms with Crippen molar-refractivity contribution in [2.45, 2.75) is 18.4 Å². The molecule has 1 aromatic carbocycles. The maximum absolute atomic E-state index is 13.8. The summed E-state index contributed by atoms with van der Waals surface area (Å²) < 4.78 is 13.8. The number of hydrogen-bond acceptors (Lipinski definition) is 3. The lowest BCUT2D eigenvalue weighted by atomic mass is 10.1. The Morgan fingerprint density at radius 1 is 1.50 bits per heavy atom. The Bertz CT molecular complexity index is 483. The molecule has 0 amide bonds. The van der Waals surface area contributed by atoms with Gasteiger partial charge in [-0.1, -0.05) is 17.7 Å². The second kappa shape index (κ2) is 4.43. The van der Waals surface area contributed by atoms with Gasteiger partial charge in [-0.05, 0) is 18.6 Å². The fourth-order valence-corrected chi connectivity index (χ4v) is 2.70. The van der Waals surface area contributed by atoms with Crippen LogP contribution in [0.25, 0.3) is 0 Å². The first kappa shape index (κ1) is 11.8. The van der Waals surface area contributed by atoms with E-state index < -0.39 is 0 Å². The molecule has 5 heteroatoms. The Morgan fingerprint density at radius 2 is 2.33 bits per heavy atom. The Kier molecular flexibility index (Phi) is 2.90. The van der Waals surface area contributed by atoms with Gasteiger partial charge in [0.15, 0.2) is 5.96 Å². The molecule has 3 rings (SSSR count). The molecule has 1 aliphatic carbocycles. The smallest absolute Gasteiger partial charge is 0.194 e. The molecule has 0 aromatic heterocycles. The monoisotopic (exact) mass is 267 g/mol. The lowest BCUT2D eigenvalue weighted by Gasteiger charge is -2.15. The zero-order valence-electron chi connectivity index (χ0n) is 10.2. The van der Waals surface area contributed by atoms with Crippen LogP contribution in [0.3, 0.4) is 0 Å². The second-order valence-electron chi connectivity index (χ2n) is 4.86. The van der Waals surface area contributed by atoms with Gasteiger partial charge in [0.1, 0.15) is 5.82 Å². The van der Waals surface area contributed by atoms with Crippen LogP contribution < -0.4 is 5.32 Å². The molecule has 18 heavy (non-hydrogen) atoms. The van der Waals surface area contributed by atoms with Crippen LogP contribution in [0.4, 0.5) is 4.39 Å². The largest absolute Gasteiger partial charge is 0.353 e. The normalized spacial score (nSPS) is 26.2. The molecule has 1 heterocycles. The van der Waals surface area contributed by atoms with Crippen LogP contribution in [0.2, 0.25) is 5.02 Å². The lowest BCUT2D eigenvalue weighted by molar-refractivity contribution is 0.532. The number of nitrogens with zero attached hydrogens (tertiary/aromatic N) is 2. The van der Waals surface area contributed by atoms with Crippen molar-refractivity contribution in [1.82, 2.24) is 10.2 Å². The summed E-state index contributed by atoms with van der Waals surface area (Å²) >= 11 is 6.07. The summed E-state index contributed by atoms with van der Waals surface area (Å²) in [6, 6.07) is 5.10. The first-order valence-corrected chi connectivity index (χ1v) is 6.50. The minimum atomic E-state index is -0.210. The highest BCUT2D eigenvalue weighted by Gasteiger charge is 2.42. The highest BCUT2D eigenvalue weighted by atomic mass is 35.5. The molecule has 1 N–H and O–H groups in total. The molecule has 0 radical (unpaired) electrons. The summed E-state index contributed by atoms with van der Waals surface area (Å²) in [7, 11) is 2.01. The maximum atomic E-state index is 13.8. The molecule has 1 aliphatic heterocycles. The van der Waals surface area contributed by atoms with Crippen LogP contribution in [-0.4, -0.2) is 37.0 Å². The lowest BCUT2D eigenvalue weighted by Crippen LogP contribution is -2.37. The van der Waals surface area contributed by atoms with Crippen molar-refractivity contribution in [3.05, 3.63) is 34.6 Å². The number of likely N-dealkylation sites (N-methyl/N-ethyl adjacent to an activating group) is 1. The molecule has 1 saturated carbocycles. The van der Waals surface area contributed by atoms with Gasteiger partial charge in [0.25, 0.3) is 0 Å². The number of guanidine groups is 1. The molecular formula is C13H15ClFN3. The molecule has 1 fully saturated rings. The van der Waals surface area contributed by atoms with Crippen molar-refractivity contribution in [3.8, 4) is 0 Å². The van der Waals surface area contributed by atoms with Gasteiger partial charge in [0.2, 0.25) is 0 Å². The van der Waals surface area contributed by atoms with E-state index in [-0.39, 0.29) is 17.8 Å². The van der Waals surface area contributed by atoms with Crippen molar-refractivity contribution in [2.75, 3.05) is 20.1 Å². The number of halogens is 2. The van der Waals surface area contributed by atoms with E-state index in [1.165, 1.54) is 6.07 Å². The molecular weight excluding hydrogens is 253 g/mol. The van der Waals surface area contributed by atoms with Gasteiger partial charge >= 0.3 is 0 Å². The third-order valence-corrected chi connectivity index (χ3v) is 3.86. The van der Waals surface area contributed by atoms with Gasteiger partial charge < -0.3 is 10.2 Å². The maximum Gasteiger partial charge on any atom is 0.194 e. The molecule has 0 bridgehead atoms. The number of aliphatic imine (C=N–C) groups is 1. The Labute approximate surface area is 111 Å². The van der Waals surface area contributed by atoms with E-state index in [2.05, 4.69) is 15.2 Å². The Hall–Kier alpha value is -1.29. The van der Waals surface area contributed by atoms with Gasteiger partial charge in [-0.2, -0.15) is 0 Å². The van der Waals surface area contributed by atoms with E-state index in [0.717, 1.165) is 25.5 Å². The Morgan fingerprint density at radius 3 is 3.00 bits per heavy atom. The average Bonchev–Trinajstić information content (AvgIpc) is 2.94. The van der Waals surface area contributed by atoms with Crippen LogP contribution in [-0.2, 0) is 0 Å². The van der Waals surface area contributed by atoms with E-state index in [4.69, 9.17) is 11.6 Å². The van der Waals surface area contributed by atoms with Crippen molar-refractivity contribution in [3.63, 3.8) is 0 Å². The van der Waals surface area contributed by atoms with Crippen molar-refractivity contribution >= 4 is 17.6 Å². The SMILES string of the molecule is CN1CCN=C1NC1CC1c1c(F)cccc1Cl. The highest BCUT2D eigenvalue weighted by molar-refractivity contribution is 6.31.